The second-order valence-electron chi connectivity index (χ2n) is 10.9. The lowest BCUT2D eigenvalue weighted by atomic mass is 9.75. The number of hydrogen-bond acceptors (Lipinski definition) is 3. The maximum Gasteiger partial charge on any atom is 0.118 e. The molecule has 2 saturated carbocycles. The Hall–Kier alpha value is -3.72. The van der Waals surface area contributed by atoms with E-state index in [-0.39, 0.29) is 0 Å². The van der Waals surface area contributed by atoms with E-state index >= 15 is 0 Å². The fourth-order valence-corrected chi connectivity index (χ4v) is 6.68. The van der Waals surface area contributed by atoms with Crippen LogP contribution in [0.25, 0.3) is 22.3 Å². The molecule has 2 aliphatic carbocycles. The Morgan fingerprint density at radius 2 is 1.00 bits per heavy atom. The first kappa shape index (κ1) is 22.7. The monoisotopic (exact) mass is 476 g/mol. The van der Waals surface area contributed by atoms with Gasteiger partial charge >= 0.3 is 0 Å². The number of aryl methyl sites for hydroxylation is 2. The highest BCUT2D eigenvalue weighted by molar-refractivity contribution is 5.76. The van der Waals surface area contributed by atoms with Crippen LogP contribution in [-0.2, 0) is 0 Å². The summed E-state index contributed by atoms with van der Waals surface area (Å²) < 4.78 is 0. The summed E-state index contributed by atoms with van der Waals surface area (Å²) >= 11 is 0. The van der Waals surface area contributed by atoms with E-state index in [9.17, 15) is 15.3 Å². The van der Waals surface area contributed by atoms with Gasteiger partial charge in [0.1, 0.15) is 17.2 Å². The SMILES string of the molecule is Cc1cc(-c2cc(-c3ccc(O)c(C)c3)cc(C3CC4CC3CC4c3ccc(O)cc3)c2)ccc1O. The van der Waals surface area contributed by atoms with E-state index in [1.165, 1.54) is 30.4 Å². The third-order valence-electron chi connectivity index (χ3n) is 8.62. The average Bonchev–Trinajstić information content (AvgIpc) is 3.49. The first-order valence-corrected chi connectivity index (χ1v) is 12.9. The molecular weight excluding hydrogens is 444 g/mol. The Morgan fingerprint density at radius 3 is 1.47 bits per heavy atom. The van der Waals surface area contributed by atoms with Crippen LogP contribution in [0.2, 0.25) is 0 Å². The summed E-state index contributed by atoms with van der Waals surface area (Å²) in [6, 6.07) is 26.4. The molecule has 6 rings (SSSR count). The fraction of sp³-hybridized carbons (Fsp3) is 0.273. The highest BCUT2D eigenvalue weighted by atomic mass is 16.3. The third kappa shape index (κ3) is 4.03. The van der Waals surface area contributed by atoms with Crippen LogP contribution in [0, 0.1) is 25.7 Å². The molecule has 3 heteroatoms. The molecule has 182 valence electrons. The third-order valence-corrected chi connectivity index (χ3v) is 8.62. The Morgan fingerprint density at radius 1 is 0.500 bits per heavy atom. The first-order chi connectivity index (χ1) is 17.4. The standard InChI is InChI=1S/C33H32O3/c1-19-11-22(5-9-32(19)35)24-13-25(23-6-10-33(36)20(2)12-23)15-26(14-24)31-18-27-16-28(31)17-30(27)21-3-7-29(34)8-4-21/h3-15,27-28,30-31,34-36H,16-18H2,1-2H3. The van der Waals surface area contributed by atoms with Gasteiger partial charge in [-0.25, -0.2) is 0 Å². The zero-order chi connectivity index (χ0) is 25.0. The summed E-state index contributed by atoms with van der Waals surface area (Å²) in [5, 5.41) is 29.8. The van der Waals surface area contributed by atoms with Gasteiger partial charge < -0.3 is 15.3 Å². The van der Waals surface area contributed by atoms with Gasteiger partial charge in [0.15, 0.2) is 0 Å². The maximum absolute atomic E-state index is 10.1. The molecule has 2 fully saturated rings. The van der Waals surface area contributed by atoms with Crippen LogP contribution in [-0.4, -0.2) is 15.3 Å². The topological polar surface area (TPSA) is 60.7 Å². The van der Waals surface area contributed by atoms with Crippen molar-refractivity contribution in [2.75, 3.05) is 0 Å². The lowest BCUT2D eigenvalue weighted by Crippen LogP contribution is -2.15. The maximum atomic E-state index is 10.1. The van der Waals surface area contributed by atoms with Crippen LogP contribution >= 0.6 is 0 Å². The average molecular weight is 477 g/mol. The van der Waals surface area contributed by atoms with Crippen LogP contribution < -0.4 is 0 Å². The van der Waals surface area contributed by atoms with Gasteiger partial charge in [0, 0.05) is 0 Å². The molecular formula is C33H32O3. The van der Waals surface area contributed by atoms with E-state index in [0.717, 1.165) is 33.4 Å². The van der Waals surface area contributed by atoms with E-state index < -0.39 is 0 Å². The van der Waals surface area contributed by atoms with Crippen molar-refractivity contribution in [1.82, 2.24) is 0 Å². The molecule has 0 amide bonds. The summed E-state index contributed by atoms with van der Waals surface area (Å²) in [4.78, 5) is 0. The summed E-state index contributed by atoms with van der Waals surface area (Å²) in [7, 11) is 0. The Labute approximate surface area is 212 Å². The summed E-state index contributed by atoms with van der Waals surface area (Å²) in [5.74, 6) is 3.39. The van der Waals surface area contributed by atoms with Gasteiger partial charge in [-0.3, -0.25) is 0 Å². The van der Waals surface area contributed by atoms with Crippen LogP contribution in [0.5, 0.6) is 17.2 Å². The zero-order valence-electron chi connectivity index (χ0n) is 20.8. The van der Waals surface area contributed by atoms with Crippen molar-refractivity contribution < 1.29 is 15.3 Å². The molecule has 0 heterocycles. The Bertz CT molecular complexity index is 1370. The second-order valence-corrected chi connectivity index (χ2v) is 10.9. The number of rotatable bonds is 4. The molecule has 4 unspecified atom stereocenters. The van der Waals surface area contributed by atoms with Crippen molar-refractivity contribution in [3.63, 3.8) is 0 Å². The van der Waals surface area contributed by atoms with E-state index in [4.69, 9.17) is 0 Å². The first-order valence-electron chi connectivity index (χ1n) is 12.9. The van der Waals surface area contributed by atoms with E-state index in [1.54, 1.807) is 12.1 Å². The van der Waals surface area contributed by atoms with Gasteiger partial charge in [-0.15, -0.1) is 0 Å². The predicted molar refractivity (Wildman–Crippen MR) is 145 cm³/mol. The molecule has 2 aliphatic rings. The summed E-state index contributed by atoms with van der Waals surface area (Å²) in [5.41, 5.74) is 9.02. The van der Waals surface area contributed by atoms with Gasteiger partial charge in [0.25, 0.3) is 0 Å². The minimum atomic E-state index is 0.317. The van der Waals surface area contributed by atoms with Crippen molar-refractivity contribution in [3.8, 4) is 39.5 Å². The number of aromatic hydroxyl groups is 3. The van der Waals surface area contributed by atoms with E-state index in [2.05, 4.69) is 42.5 Å². The molecule has 0 aliphatic heterocycles. The number of phenols is 3. The zero-order valence-corrected chi connectivity index (χ0v) is 20.8. The van der Waals surface area contributed by atoms with E-state index in [1.807, 2.05) is 38.1 Å². The molecule has 4 aromatic carbocycles. The van der Waals surface area contributed by atoms with Gasteiger partial charge in [0.05, 0.1) is 0 Å². The van der Waals surface area contributed by atoms with E-state index in [0.29, 0.717) is 40.9 Å². The molecule has 0 radical (unpaired) electrons. The minimum absolute atomic E-state index is 0.317. The predicted octanol–water partition coefficient (Wildman–Crippen LogP) is 8.05. The smallest absolute Gasteiger partial charge is 0.118 e. The van der Waals surface area contributed by atoms with Gasteiger partial charge in [0.2, 0.25) is 0 Å². The molecule has 3 nitrogen and oxygen atoms in total. The molecule has 0 aromatic heterocycles. The fourth-order valence-electron chi connectivity index (χ4n) is 6.68. The largest absolute Gasteiger partial charge is 0.508 e. The Kier molecular flexibility index (Phi) is 5.52. The van der Waals surface area contributed by atoms with Gasteiger partial charge in [-0.2, -0.15) is 0 Å². The molecule has 3 N–H and O–H groups in total. The summed E-state index contributed by atoms with van der Waals surface area (Å²) in [6.45, 7) is 3.87. The molecule has 4 aromatic rings. The van der Waals surface area contributed by atoms with Crippen LogP contribution in [0.1, 0.15) is 53.4 Å². The highest BCUT2D eigenvalue weighted by Crippen LogP contribution is 2.59. The minimum Gasteiger partial charge on any atom is -0.508 e. The van der Waals surface area contributed by atoms with Crippen molar-refractivity contribution >= 4 is 0 Å². The van der Waals surface area contributed by atoms with Gasteiger partial charge in [-0.05, 0) is 144 Å². The number of phenolic OH excluding ortho intramolecular Hbond substituents is 3. The number of hydrogen-bond donors (Lipinski definition) is 3. The van der Waals surface area contributed by atoms with Crippen molar-refractivity contribution in [3.05, 3.63) is 101 Å². The highest BCUT2D eigenvalue weighted by Gasteiger charge is 2.46. The van der Waals surface area contributed by atoms with Crippen LogP contribution in [0.3, 0.4) is 0 Å². The molecule has 2 bridgehead atoms. The summed E-state index contributed by atoms with van der Waals surface area (Å²) in [6.07, 6.45) is 3.63. The normalized spacial score (nSPS) is 22.7. The molecule has 0 spiro atoms. The van der Waals surface area contributed by atoms with Crippen LogP contribution in [0.15, 0.2) is 78.9 Å². The second kappa shape index (κ2) is 8.74. The van der Waals surface area contributed by atoms with Crippen molar-refractivity contribution in [2.24, 2.45) is 11.8 Å². The quantitative estimate of drug-likeness (QED) is 0.279. The Balaban J connectivity index is 1.38. The van der Waals surface area contributed by atoms with Crippen LogP contribution in [0.4, 0.5) is 0 Å². The lowest BCUT2D eigenvalue weighted by molar-refractivity contribution is 0.375. The van der Waals surface area contributed by atoms with Gasteiger partial charge in [-0.1, -0.05) is 36.4 Å². The van der Waals surface area contributed by atoms with Crippen molar-refractivity contribution in [2.45, 2.75) is 44.9 Å². The number of benzene rings is 4. The lowest BCUT2D eigenvalue weighted by Gasteiger charge is -2.29. The number of fused-ring (bicyclic) bond motifs is 2. The van der Waals surface area contributed by atoms with Crippen molar-refractivity contribution in [1.29, 1.82) is 0 Å². The molecule has 4 atom stereocenters. The molecule has 0 saturated heterocycles. The molecule has 36 heavy (non-hydrogen) atoms.